The molecular formula is C15H18BrClN4. The van der Waals surface area contributed by atoms with Crippen LogP contribution in [0.4, 0.5) is 5.82 Å². The minimum Gasteiger partial charge on any atom is -0.370 e. The largest absolute Gasteiger partial charge is 0.370 e. The summed E-state index contributed by atoms with van der Waals surface area (Å²) in [6.07, 6.45) is 0. The predicted molar refractivity (Wildman–Crippen MR) is 91.6 cm³/mol. The Morgan fingerprint density at radius 3 is 2.67 bits per heavy atom. The number of aromatic nitrogens is 1. The molecule has 6 heteroatoms. The van der Waals surface area contributed by atoms with Crippen molar-refractivity contribution in [3.05, 3.63) is 33.8 Å². The van der Waals surface area contributed by atoms with Gasteiger partial charge in [-0.25, -0.2) is 4.98 Å². The van der Waals surface area contributed by atoms with Gasteiger partial charge in [-0.15, -0.1) is 0 Å². The maximum absolute atomic E-state index is 6.27. The number of anilines is 1. The van der Waals surface area contributed by atoms with E-state index in [2.05, 4.69) is 50.9 Å². The highest BCUT2D eigenvalue weighted by Crippen LogP contribution is 2.28. The molecule has 0 bridgehead atoms. The fraction of sp³-hybridized carbons (Fsp3) is 0.400. The van der Waals surface area contributed by atoms with Gasteiger partial charge < -0.3 is 5.32 Å². The van der Waals surface area contributed by atoms with Crippen LogP contribution in [0.2, 0.25) is 5.02 Å². The van der Waals surface area contributed by atoms with Crippen LogP contribution in [-0.2, 0) is 0 Å². The second-order valence-corrected chi connectivity index (χ2v) is 6.89. The van der Waals surface area contributed by atoms with Gasteiger partial charge >= 0.3 is 0 Å². The Hall–Kier alpha value is -0.880. The van der Waals surface area contributed by atoms with E-state index in [0.717, 1.165) is 27.7 Å². The Morgan fingerprint density at radius 2 is 1.95 bits per heavy atom. The molecule has 2 heterocycles. The zero-order valence-electron chi connectivity index (χ0n) is 12.0. The number of halogens is 2. The SMILES string of the molecule is CC1NNC(C)C1CNc1ccc2cc(Br)cc(Cl)c2n1. The molecule has 1 aliphatic heterocycles. The summed E-state index contributed by atoms with van der Waals surface area (Å²) >= 11 is 9.72. The van der Waals surface area contributed by atoms with Gasteiger partial charge in [-0.3, -0.25) is 10.9 Å². The quantitative estimate of drug-likeness (QED) is 0.774. The van der Waals surface area contributed by atoms with E-state index in [1.54, 1.807) is 0 Å². The number of hydrogen-bond donors (Lipinski definition) is 3. The summed E-state index contributed by atoms with van der Waals surface area (Å²) in [5, 5.41) is 5.11. The van der Waals surface area contributed by atoms with Crippen LogP contribution >= 0.6 is 27.5 Å². The maximum atomic E-state index is 6.27. The van der Waals surface area contributed by atoms with Gasteiger partial charge in [-0.05, 0) is 38.1 Å². The molecule has 0 amide bonds. The first-order valence-electron chi connectivity index (χ1n) is 7.05. The lowest BCUT2D eigenvalue weighted by Gasteiger charge is -2.18. The number of hydrogen-bond acceptors (Lipinski definition) is 4. The number of nitrogens with zero attached hydrogens (tertiary/aromatic N) is 1. The second-order valence-electron chi connectivity index (χ2n) is 5.57. The van der Waals surface area contributed by atoms with Gasteiger partial charge in [-0.2, -0.15) is 0 Å². The molecule has 2 aromatic rings. The highest BCUT2D eigenvalue weighted by Gasteiger charge is 2.29. The minimum absolute atomic E-state index is 0.437. The summed E-state index contributed by atoms with van der Waals surface area (Å²) in [6.45, 7) is 5.24. The van der Waals surface area contributed by atoms with Crippen LogP contribution in [0.5, 0.6) is 0 Å². The van der Waals surface area contributed by atoms with Crippen molar-refractivity contribution in [1.29, 1.82) is 0 Å². The number of hydrazine groups is 1. The van der Waals surface area contributed by atoms with Crippen molar-refractivity contribution < 1.29 is 0 Å². The van der Waals surface area contributed by atoms with Crippen LogP contribution in [-0.4, -0.2) is 23.6 Å². The van der Waals surface area contributed by atoms with Gasteiger partial charge in [0.1, 0.15) is 5.82 Å². The van der Waals surface area contributed by atoms with Crippen molar-refractivity contribution in [1.82, 2.24) is 15.8 Å². The fourth-order valence-electron chi connectivity index (χ4n) is 2.74. The molecule has 0 aliphatic carbocycles. The molecule has 3 rings (SSSR count). The van der Waals surface area contributed by atoms with Gasteiger partial charge in [0.25, 0.3) is 0 Å². The molecule has 1 aromatic carbocycles. The molecule has 3 N–H and O–H groups in total. The van der Waals surface area contributed by atoms with Gasteiger partial charge in [0.05, 0.1) is 10.5 Å². The first-order chi connectivity index (χ1) is 10.0. The highest BCUT2D eigenvalue weighted by atomic mass is 79.9. The van der Waals surface area contributed by atoms with E-state index in [9.17, 15) is 0 Å². The van der Waals surface area contributed by atoms with Gasteiger partial charge in [0, 0.05) is 34.4 Å². The molecule has 2 unspecified atom stereocenters. The summed E-state index contributed by atoms with van der Waals surface area (Å²) in [6, 6.07) is 8.80. The van der Waals surface area contributed by atoms with E-state index < -0.39 is 0 Å². The molecule has 1 saturated heterocycles. The third kappa shape index (κ3) is 3.16. The smallest absolute Gasteiger partial charge is 0.126 e. The zero-order chi connectivity index (χ0) is 15.0. The Balaban J connectivity index is 1.79. The first kappa shape index (κ1) is 15.0. The Morgan fingerprint density at radius 1 is 1.24 bits per heavy atom. The van der Waals surface area contributed by atoms with Crippen LogP contribution in [0.25, 0.3) is 10.9 Å². The van der Waals surface area contributed by atoms with Crippen molar-refractivity contribution in [2.24, 2.45) is 5.92 Å². The molecule has 1 fully saturated rings. The van der Waals surface area contributed by atoms with E-state index >= 15 is 0 Å². The lowest BCUT2D eigenvalue weighted by Crippen LogP contribution is -2.30. The Labute approximate surface area is 137 Å². The third-order valence-electron chi connectivity index (χ3n) is 4.05. The number of rotatable bonds is 3. The summed E-state index contributed by atoms with van der Waals surface area (Å²) in [5.74, 6) is 1.38. The molecule has 1 aromatic heterocycles. The summed E-state index contributed by atoms with van der Waals surface area (Å²) in [4.78, 5) is 4.62. The maximum Gasteiger partial charge on any atom is 0.126 e. The van der Waals surface area contributed by atoms with Crippen LogP contribution in [0, 0.1) is 5.92 Å². The molecule has 4 nitrogen and oxygen atoms in total. The summed E-state index contributed by atoms with van der Waals surface area (Å²) < 4.78 is 0.966. The molecule has 0 saturated carbocycles. The van der Waals surface area contributed by atoms with Crippen LogP contribution in [0.1, 0.15) is 13.8 Å². The van der Waals surface area contributed by atoms with Crippen LogP contribution < -0.4 is 16.2 Å². The minimum atomic E-state index is 0.437. The van der Waals surface area contributed by atoms with Crippen molar-refractivity contribution in [3.63, 3.8) is 0 Å². The van der Waals surface area contributed by atoms with Crippen molar-refractivity contribution in [2.45, 2.75) is 25.9 Å². The van der Waals surface area contributed by atoms with Crippen molar-refractivity contribution in [3.8, 4) is 0 Å². The highest BCUT2D eigenvalue weighted by molar-refractivity contribution is 9.10. The Kier molecular flexibility index (Phi) is 4.36. The van der Waals surface area contributed by atoms with Gasteiger partial charge in [0.15, 0.2) is 0 Å². The number of fused-ring (bicyclic) bond motifs is 1. The van der Waals surface area contributed by atoms with E-state index in [1.165, 1.54) is 0 Å². The van der Waals surface area contributed by atoms with Crippen LogP contribution in [0.3, 0.4) is 0 Å². The first-order valence-corrected chi connectivity index (χ1v) is 8.22. The predicted octanol–water partition coefficient (Wildman–Crippen LogP) is 3.56. The second kappa shape index (κ2) is 6.08. The monoisotopic (exact) mass is 368 g/mol. The standard InChI is InChI=1S/C15H18BrClN4/c1-8-12(9(2)21-20-8)7-18-14-4-3-10-5-11(16)6-13(17)15(10)19-14/h3-6,8-9,12,20-21H,7H2,1-2H3,(H,18,19). The van der Waals surface area contributed by atoms with E-state index in [-0.39, 0.29) is 0 Å². The van der Waals surface area contributed by atoms with Gasteiger partial charge in [0.2, 0.25) is 0 Å². The number of benzene rings is 1. The molecule has 21 heavy (non-hydrogen) atoms. The molecule has 112 valence electrons. The van der Waals surface area contributed by atoms with E-state index in [1.807, 2.05) is 24.3 Å². The number of nitrogens with one attached hydrogen (secondary N) is 3. The van der Waals surface area contributed by atoms with Crippen molar-refractivity contribution in [2.75, 3.05) is 11.9 Å². The average Bonchev–Trinajstić information content (AvgIpc) is 2.76. The fourth-order valence-corrected chi connectivity index (χ4v) is 3.62. The van der Waals surface area contributed by atoms with Gasteiger partial charge in [-0.1, -0.05) is 27.5 Å². The zero-order valence-corrected chi connectivity index (χ0v) is 14.3. The molecular weight excluding hydrogens is 352 g/mol. The van der Waals surface area contributed by atoms with Crippen molar-refractivity contribution >= 4 is 44.3 Å². The number of pyridine rings is 1. The lowest BCUT2D eigenvalue weighted by molar-refractivity contribution is 0.466. The average molecular weight is 370 g/mol. The lowest BCUT2D eigenvalue weighted by atomic mass is 9.97. The molecule has 0 spiro atoms. The van der Waals surface area contributed by atoms with E-state index in [4.69, 9.17) is 11.6 Å². The third-order valence-corrected chi connectivity index (χ3v) is 4.80. The molecule has 2 atom stereocenters. The summed E-state index contributed by atoms with van der Waals surface area (Å²) in [5.41, 5.74) is 7.36. The topological polar surface area (TPSA) is 49.0 Å². The molecule has 1 aliphatic rings. The Bertz CT molecular complexity index is 653. The van der Waals surface area contributed by atoms with E-state index in [0.29, 0.717) is 23.0 Å². The summed E-state index contributed by atoms with van der Waals surface area (Å²) in [7, 11) is 0. The molecule has 0 radical (unpaired) electrons. The van der Waals surface area contributed by atoms with Crippen LogP contribution in [0.15, 0.2) is 28.7 Å². The normalized spacial score (nSPS) is 25.4.